The summed E-state index contributed by atoms with van der Waals surface area (Å²) in [5.41, 5.74) is 1.96. The fourth-order valence-corrected chi connectivity index (χ4v) is 6.44. The van der Waals surface area contributed by atoms with Crippen LogP contribution in [0.1, 0.15) is 50.1 Å². The van der Waals surface area contributed by atoms with Gasteiger partial charge in [0.1, 0.15) is 0 Å². The van der Waals surface area contributed by atoms with Crippen molar-refractivity contribution >= 4 is 27.3 Å². The third-order valence-corrected chi connectivity index (χ3v) is 9.26. The first-order chi connectivity index (χ1) is 18.5. The molecule has 1 aromatic heterocycles. The fraction of sp³-hybridized carbons (Fsp3) is 0.433. The van der Waals surface area contributed by atoms with E-state index in [0.717, 1.165) is 16.0 Å². The Bertz CT molecular complexity index is 1310. The van der Waals surface area contributed by atoms with E-state index in [1.54, 1.807) is 42.6 Å². The first-order valence-electron chi connectivity index (χ1n) is 13.1. The smallest absolute Gasteiger partial charge is 0.243 e. The van der Waals surface area contributed by atoms with E-state index in [-0.39, 0.29) is 29.3 Å². The maximum atomic E-state index is 13.6. The van der Waals surface area contributed by atoms with Gasteiger partial charge in [0.05, 0.1) is 32.2 Å². The number of thiophene rings is 1. The van der Waals surface area contributed by atoms with Crippen LogP contribution in [0.25, 0.3) is 0 Å². The molecule has 1 heterocycles. The first-order valence-corrected chi connectivity index (χ1v) is 15.4. The minimum atomic E-state index is -3.84. The van der Waals surface area contributed by atoms with E-state index in [4.69, 9.17) is 9.47 Å². The summed E-state index contributed by atoms with van der Waals surface area (Å²) in [5, 5.41) is 1.97. The molecule has 2 aromatic carbocycles. The zero-order chi connectivity index (χ0) is 28.6. The van der Waals surface area contributed by atoms with Crippen molar-refractivity contribution in [3.05, 3.63) is 76.0 Å². The summed E-state index contributed by atoms with van der Waals surface area (Å²) in [6.07, 6.45) is 1.19. The predicted molar refractivity (Wildman–Crippen MR) is 157 cm³/mol. The van der Waals surface area contributed by atoms with Crippen LogP contribution in [0.15, 0.2) is 64.9 Å². The van der Waals surface area contributed by atoms with Crippen LogP contribution in [0, 0.1) is 0 Å². The number of ether oxygens (including phenoxy) is 2. The molecule has 0 fully saturated rings. The van der Waals surface area contributed by atoms with Gasteiger partial charge in [-0.2, -0.15) is 4.31 Å². The molecule has 3 aromatic rings. The summed E-state index contributed by atoms with van der Waals surface area (Å²) in [6, 6.07) is 16.6. The highest BCUT2D eigenvalue weighted by atomic mass is 32.2. The van der Waals surface area contributed by atoms with Crippen molar-refractivity contribution in [3.8, 4) is 11.5 Å². The van der Waals surface area contributed by atoms with Crippen LogP contribution in [0.2, 0.25) is 0 Å². The number of carbonyl (C=O) groups is 1. The second kappa shape index (κ2) is 13.5. The van der Waals surface area contributed by atoms with Crippen molar-refractivity contribution in [2.75, 3.05) is 33.9 Å². The number of nitrogens with zero attached hydrogens (tertiary/aromatic N) is 2. The van der Waals surface area contributed by atoms with E-state index in [1.165, 1.54) is 4.31 Å². The van der Waals surface area contributed by atoms with Crippen LogP contribution in [0.3, 0.4) is 0 Å². The monoisotopic (exact) mass is 572 g/mol. The standard InChI is InChI=1S/C30H40N2O5S2/c1-7-17-32(39(34,35)26-13-11-24(12-14-26)30(2,3)4)22-29(33)31(21-25-9-8-19-38-25)18-16-23-10-15-27(36-5)28(20-23)37-6/h8-15,19-20H,7,16-18,21-22H2,1-6H3. The predicted octanol–water partition coefficient (Wildman–Crippen LogP) is 5.74. The van der Waals surface area contributed by atoms with Crippen LogP contribution in [0.5, 0.6) is 11.5 Å². The lowest BCUT2D eigenvalue weighted by Gasteiger charge is -2.27. The van der Waals surface area contributed by atoms with Crippen LogP contribution >= 0.6 is 11.3 Å². The molecule has 0 saturated carbocycles. The molecule has 0 bridgehead atoms. The lowest BCUT2D eigenvalue weighted by atomic mass is 9.87. The molecule has 0 atom stereocenters. The van der Waals surface area contributed by atoms with Gasteiger partial charge < -0.3 is 14.4 Å². The first kappa shape index (κ1) is 30.7. The van der Waals surface area contributed by atoms with Crippen molar-refractivity contribution in [3.63, 3.8) is 0 Å². The highest BCUT2D eigenvalue weighted by Crippen LogP contribution is 2.28. The Morgan fingerprint density at radius 2 is 1.64 bits per heavy atom. The minimum absolute atomic E-state index is 0.0858. The molecule has 1 amide bonds. The van der Waals surface area contributed by atoms with Gasteiger partial charge in [-0.25, -0.2) is 8.42 Å². The van der Waals surface area contributed by atoms with E-state index >= 15 is 0 Å². The SMILES string of the molecule is CCCN(CC(=O)N(CCc1ccc(OC)c(OC)c1)Cc1cccs1)S(=O)(=O)c1ccc(C(C)(C)C)cc1. The van der Waals surface area contributed by atoms with Gasteiger partial charge in [-0.05, 0) is 65.1 Å². The summed E-state index contributed by atoms with van der Waals surface area (Å²) in [7, 11) is -0.660. The molecule has 0 aliphatic rings. The number of sulfonamides is 1. The van der Waals surface area contributed by atoms with Crippen LogP contribution in [0.4, 0.5) is 0 Å². The molecule has 0 aliphatic carbocycles. The Morgan fingerprint density at radius 3 is 2.21 bits per heavy atom. The Hall–Kier alpha value is -2.88. The summed E-state index contributed by atoms with van der Waals surface area (Å²) < 4.78 is 39.3. The average molecular weight is 573 g/mol. The highest BCUT2D eigenvalue weighted by molar-refractivity contribution is 7.89. The van der Waals surface area contributed by atoms with Crippen molar-refractivity contribution in [1.29, 1.82) is 0 Å². The lowest BCUT2D eigenvalue weighted by molar-refractivity contribution is -0.132. The number of methoxy groups -OCH3 is 2. The molecule has 3 rings (SSSR count). The number of benzene rings is 2. The lowest BCUT2D eigenvalue weighted by Crippen LogP contribution is -2.43. The summed E-state index contributed by atoms with van der Waals surface area (Å²) in [4.78, 5) is 16.6. The number of hydrogen-bond donors (Lipinski definition) is 0. The van der Waals surface area contributed by atoms with Crippen molar-refractivity contribution in [2.45, 2.75) is 57.4 Å². The number of rotatable bonds is 13. The van der Waals surface area contributed by atoms with E-state index in [9.17, 15) is 13.2 Å². The third-order valence-electron chi connectivity index (χ3n) is 6.54. The van der Waals surface area contributed by atoms with E-state index in [1.807, 2.05) is 54.8 Å². The molecule has 0 spiro atoms. The van der Waals surface area contributed by atoms with Crippen LogP contribution in [-0.4, -0.2) is 57.4 Å². The van der Waals surface area contributed by atoms with Gasteiger partial charge in [0.15, 0.2) is 11.5 Å². The van der Waals surface area contributed by atoms with Crippen LogP contribution in [-0.2, 0) is 33.2 Å². The molecule has 7 nitrogen and oxygen atoms in total. The third kappa shape index (κ3) is 8.06. The Balaban J connectivity index is 1.81. The second-order valence-corrected chi connectivity index (χ2v) is 13.4. The molecule has 39 heavy (non-hydrogen) atoms. The average Bonchev–Trinajstić information content (AvgIpc) is 3.43. The highest BCUT2D eigenvalue weighted by Gasteiger charge is 2.28. The molecule has 0 N–H and O–H groups in total. The quantitative estimate of drug-likeness (QED) is 0.261. The van der Waals surface area contributed by atoms with Crippen molar-refractivity contribution in [2.24, 2.45) is 0 Å². The van der Waals surface area contributed by atoms with Crippen molar-refractivity contribution < 1.29 is 22.7 Å². The maximum Gasteiger partial charge on any atom is 0.243 e. The van der Waals surface area contributed by atoms with Gasteiger partial charge in [-0.1, -0.05) is 52.0 Å². The molecular weight excluding hydrogens is 532 g/mol. The largest absolute Gasteiger partial charge is 0.493 e. The van der Waals surface area contributed by atoms with Gasteiger partial charge in [-0.3, -0.25) is 4.79 Å². The Morgan fingerprint density at radius 1 is 0.949 bits per heavy atom. The molecule has 0 radical (unpaired) electrons. The molecular formula is C30H40N2O5S2. The molecule has 0 saturated heterocycles. The Labute approximate surface area is 237 Å². The topological polar surface area (TPSA) is 76.2 Å². The van der Waals surface area contributed by atoms with Gasteiger partial charge in [-0.15, -0.1) is 11.3 Å². The number of amides is 1. The minimum Gasteiger partial charge on any atom is -0.493 e. The fourth-order valence-electron chi connectivity index (χ4n) is 4.24. The van der Waals surface area contributed by atoms with Gasteiger partial charge in [0.25, 0.3) is 0 Å². The Kier molecular flexibility index (Phi) is 10.6. The molecule has 9 heteroatoms. The van der Waals surface area contributed by atoms with Gasteiger partial charge in [0.2, 0.25) is 15.9 Å². The molecule has 212 valence electrons. The second-order valence-electron chi connectivity index (χ2n) is 10.4. The molecule has 0 unspecified atom stereocenters. The van der Waals surface area contributed by atoms with Crippen molar-refractivity contribution in [1.82, 2.24) is 9.21 Å². The van der Waals surface area contributed by atoms with Gasteiger partial charge >= 0.3 is 0 Å². The van der Waals surface area contributed by atoms with Gasteiger partial charge in [0, 0.05) is 18.0 Å². The number of carbonyl (C=O) groups excluding carboxylic acids is 1. The van der Waals surface area contributed by atoms with E-state index < -0.39 is 10.0 Å². The normalized spacial score (nSPS) is 12.0. The molecule has 0 aliphatic heterocycles. The summed E-state index contributed by atoms with van der Waals surface area (Å²) in [5.74, 6) is 1.04. The van der Waals surface area contributed by atoms with E-state index in [2.05, 4.69) is 20.8 Å². The number of hydrogen-bond acceptors (Lipinski definition) is 6. The summed E-state index contributed by atoms with van der Waals surface area (Å²) in [6.45, 7) is 9.08. The zero-order valence-electron chi connectivity index (χ0n) is 23.8. The van der Waals surface area contributed by atoms with Crippen LogP contribution < -0.4 is 9.47 Å². The van der Waals surface area contributed by atoms with E-state index in [0.29, 0.717) is 37.4 Å². The summed E-state index contributed by atoms with van der Waals surface area (Å²) >= 11 is 1.57. The zero-order valence-corrected chi connectivity index (χ0v) is 25.4. The maximum absolute atomic E-state index is 13.6.